The van der Waals surface area contributed by atoms with Gasteiger partial charge in [-0.2, -0.15) is 0 Å². The molecule has 4 heterocycles. The highest BCUT2D eigenvalue weighted by atomic mass is 35.5. The zero-order valence-electron chi connectivity index (χ0n) is 15.9. The van der Waals surface area contributed by atoms with E-state index in [-0.39, 0.29) is 12.4 Å². The lowest BCUT2D eigenvalue weighted by Gasteiger charge is -2.32. The van der Waals surface area contributed by atoms with Gasteiger partial charge in [-0.1, -0.05) is 12.1 Å². The molecule has 0 unspecified atom stereocenters. The van der Waals surface area contributed by atoms with Crippen LogP contribution in [0.15, 0.2) is 43.0 Å². The van der Waals surface area contributed by atoms with Crippen LogP contribution in [-0.2, 0) is 19.6 Å². The minimum Gasteiger partial charge on any atom is -0.312 e. The number of nitrogens with zero attached hydrogens (tertiary/aromatic N) is 6. The summed E-state index contributed by atoms with van der Waals surface area (Å²) in [6.45, 7) is 6.12. The summed E-state index contributed by atoms with van der Waals surface area (Å²) >= 11 is 0. The third kappa shape index (κ3) is 3.83. The van der Waals surface area contributed by atoms with Gasteiger partial charge in [-0.3, -0.25) is 4.90 Å². The van der Waals surface area contributed by atoms with Crippen LogP contribution in [0, 0.1) is 0 Å². The van der Waals surface area contributed by atoms with Gasteiger partial charge < -0.3 is 14.5 Å². The zero-order valence-corrected chi connectivity index (χ0v) is 16.7. The molecule has 3 aromatic rings. The summed E-state index contributed by atoms with van der Waals surface area (Å²) in [7, 11) is 0. The van der Waals surface area contributed by atoms with E-state index >= 15 is 0 Å². The molecular weight excluding hydrogens is 374 g/mol. The summed E-state index contributed by atoms with van der Waals surface area (Å²) in [6.07, 6.45) is 7.94. The Balaban J connectivity index is 0.00000192. The molecule has 7 nitrogen and oxygen atoms in total. The molecule has 0 saturated carbocycles. The Hall–Kier alpha value is -2.22. The maximum atomic E-state index is 4.51. The van der Waals surface area contributed by atoms with Crippen LogP contribution >= 0.6 is 12.4 Å². The molecule has 0 aliphatic carbocycles. The van der Waals surface area contributed by atoms with Crippen LogP contribution in [0.5, 0.6) is 0 Å². The molecule has 0 spiro atoms. The van der Waals surface area contributed by atoms with E-state index in [1.807, 2.05) is 17.1 Å². The SMILES string of the molecule is Cl.c1cn(-c2ccc(CN3CCC(c4nnc5n4CCNC5)CC3)cc2)cn1. The number of hydrogen-bond acceptors (Lipinski definition) is 5. The van der Waals surface area contributed by atoms with Crippen LogP contribution in [0.4, 0.5) is 0 Å². The number of fused-ring (bicyclic) bond motifs is 1. The van der Waals surface area contributed by atoms with Gasteiger partial charge in [-0.15, -0.1) is 22.6 Å². The lowest BCUT2D eigenvalue weighted by atomic mass is 9.95. The fraction of sp³-hybridized carbons (Fsp3) is 0.450. The summed E-state index contributed by atoms with van der Waals surface area (Å²) in [5.41, 5.74) is 2.52. The molecule has 0 amide bonds. The summed E-state index contributed by atoms with van der Waals surface area (Å²) in [4.78, 5) is 6.66. The monoisotopic (exact) mass is 399 g/mol. The van der Waals surface area contributed by atoms with Gasteiger partial charge in [0, 0.05) is 43.6 Å². The van der Waals surface area contributed by atoms with Crippen LogP contribution < -0.4 is 5.32 Å². The third-order valence-corrected chi connectivity index (χ3v) is 5.75. The molecule has 5 rings (SSSR count). The summed E-state index contributed by atoms with van der Waals surface area (Å²) in [5.74, 6) is 2.84. The second kappa shape index (κ2) is 8.43. The van der Waals surface area contributed by atoms with Gasteiger partial charge in [0.05, 0.1) is 12.9 Å². The standard InChI is InChI=1S/C20H25N7.ClH/c1-3-18(26-11-7-22-15-26)4-2-16(1)14-25-9-5-17(6-10-25)20-24-23-19-13-21-8-12-27(19)20;/h1-4,7,11,15,17,21H,5-6,8-10,12-14H2;1H. The molecule has 2 aliphatic rings. The predicted octanol–water partition coefficient (Wildman–Crippen LogP) is 2.37. The summed E-state index contributed by atoms with van der Waals surface area (Å²) in [5, 5.41) is 12.3. The van der Waals surface area contributed by atoms with Gasteiger partial charge in [0.2, 0.25) is 0 Å². The van der Waals surface area contributed by atoms with Crippen molar-refractivity contribution in [1.29, 1.82) is 0 Å². The van der Waals surface area contributed by atoms with E-state index in [1.54, 1.807) is 6.20 Å². The Bertz CT molecular complexity index is 880. The molecule has 1 saturated heterocycles. The second-order valence-corrected chi connectivity index (χ2v) is 7.49. The highest BCUT2D eigenvalue weighted by Crippen LogP contribution is 2.28. The number of piperidine rings is 1. The van der Waals surface area contributed by atoms with E-state index < -0.39 is 0 Å². The summed E-state index contributed by atoms with van der Waals surface area (Å²) < 4.78 is 4.37. The molecular formula is C20H26ClN7. The maximum Gasteiger partial charge on any atom is 0.147 e. The molecule has 0 radical (unpaired) electrons. The molecule has 1 fully saturated rings. The van der Waals surface area contributed by atoms with E-state index in [0.29, 0.717) is 5.92 Å². The van der Waals surface area contributed by atoms with Crippen molar-refractivity contribution in [3.05, 3.63) is 60.2 Å². The number of aromatic nitrogens is 5. The van der Waals surface area contributed by atoms with E-state index in [4.69, 9.17) is 0 Å². The fourth-order valence-corrected chi connectivity index (χ4v) is 4.21. The molecule has 0 bridgehead atoms. The average molecular weight is 400 g/mol. The van der Waals surface area contributed by atoms with Crippen molar-refractivity contribution in [2.45, 2.75) is 38.4 Å². The van der Waals surface area contributed by atoms with Crippen molar-refractivity contribution in [3.8, 4) is 5.69 Å². The third-order valence-electron chi connectivity index (χ3n) is 5.75. The molecule has 2 aromatic heterocycles. The first-order valence-corrected chi connectivity index (χ1v) is 9.79. The molecule has 1 N–H and O–H groups in total. The van der Waals surface area contributed by atoms with Crippen LogP contribution in [-0.4, -0.2) is 48.8 Å². The van der Waals surface area contributed by atoms with Crippen LogP contribution in [0.3, 0.4) is 0 Å². The van der Waals surface area contributed by atoms with Gasteiger partial charge in [-0.25, -0.2) is 4.98 Å². The van der Waals surface area contributed by atoms with Crippen LogP contribution in [0.2, 0.25) is 0 Å². The first-order chi connectivity index (χ1) is 13.4. The Kier molecular flexibility index (Phi) is 5.75. The molecule has 2 aliphatic heterocycles. The number of nitrogens with one attached hydrogen (secondary N) is 1. The number of imidazole rings is 1. The van der Waals surface area contributed by atoms with Crippen molar-refractivity contribution >= 4 is 12.4 Å². The second-order valence-electron chi connectivity index (χ2n) is 7.49. The fourth-order valence-electron chi connectivity index (χ4n) is 4.21. The molecule has 0 atom stereocenters. The number of likely N-dealkylation sites (tertiary alicyclic amines) is 1. The van der Waals surface area contributed by atoms with Gasteiger partial charge in [0.1, 0.15) is 11.6 Å². The van der Waals surface area contributed by atoms with E-state index in [9.17, 15) is 0 Å². The van der Waals surface area contributed by atoms with Gasteiger partial charge in [0.25, 0.3) is 0 Å². The number of rotatable bonds is 4. The number of hydrogen-bond donors (Lipinski definition) is 1. The lowest BCUT2D eigenvalue weighted by molar-refractivity contribution is 0.199. The van der Waals surface area contributed by atoms with Crippen LogP contribution in [0.1, 0.15) is 36.0 Å². The molecule has 8 heteroatoms. The first-order valence-electron chi connectivity index (χ1n) is 9.79. The Morgan fingerprint density at radius 3 is 2.61 bits per heavy atom. The first kappa shape index (κ1) is 19.1. The number of halogens is 1. The van der Waals surface area contributed by atoms with E-state index in [1.165, 1.54) is 24.2 Å². The molecule has 28 heavy (non-hydrogen) atoms. The minimum absolute atomic E-state index is 0. The van der Waals surface area contributed by atoms with Crippen molar-refractivity contribution in [3.63, 3.8) is 0 Å². The van der Waals surface area contributed by atoms with E-state index in [0.717, 1.165) is 50.8 Å². The van der Waals surface area contributed by atoms with Crippen molar-refractivity contribution in [1.82, 2.24) is 34.5 Å². The topological polar surface area (TPSA) is 63.8 Å². The van der Waals surface area contributed by atoms with Gasteiger partial charge in [0.15, 0.2) is 0 Å². The predicted molar refractivity (Wildman–Crippen MR) is 110 cm³/mol. The van der Waals surface area contributed by atoms with Crippen LogP contribution in [0.25, 0.3) is 5.69 Å². The summed E-state index contributed by atoms with van der Waals surface area (Å²) in [6, 6.07) is 8.78. The Labute approximate surface area is 171 Å². The number of benzene rings is 1. The average Bonchev–Trinajstić information content (AvgIpc) is 3.39. The van der Waals surface area contributed by atoms with Crippen molar-refractivity contribution < 1.29 is 0 Å². The van der Waals surface area contributed by atoms with Gasteiger partial charge in [-0.05, 0) is 43.6 Å². The minimum atomic E-state index is 0. The van der Waals surface area contributed by atoms with Crippen molar-refractivity contribution in [2.24, 2.45) is 0 Å². The quantitative estimate of drug-likeness (QED) is 0.729. The smallest absolute Gasteiger partial charge is 0.147 e. The highest BCUT2D eigenvalue weighted by Gasteiger charge is 2.26. The van der Waals surface area contributed by atoms with E-state index in [2.05, 4.69) is 54.2 Å². The largest absolute Gasteiger partial charge is 0.312 e. The lowest BCUT2D eigenvalue weighted by Crippen LogP contribution is -2.34. The normalized spacial score (nSPS) is 17.9. The van der Waals surface area contributed by atoms with Gasteiger partial charge >= 0.3 is 0 Å². The Morgan fingerprint density at radius 1 is 1.04 bits per heavy atom. The molecule has 148 valence electrons. The Morgan fingerprint density at radius 2 is 1.86 bits per heavy atom. The maximum absolute atomic E-state index is 4.51. The van der Waals surface area contributed by atoms with Crippen molar-refractivity contribution in [2.75, 3.05) is 19.6 Å². The highest BCUT2D eigenvalue weighted by molar-refractivity contribution is 5.85. The zero-order chi connectivity index (χ0) is 18.1. The molecule has 1 aromatic carbocycles.